The summed E-state index contributed by atoms with van der Waals surface area (Å²) in [6, 6.07) is 1.83. The van der Waals surface area contributed by atoms with Crippen molar-refractivity contribution in [1.29, 1.82) is 0 Å². The molecule has 0 saturated heterocycles. The van der Waals surface area contributed by atoms with Crippen molar-refractivity contribution in [3.8, 4) is 0 Å². The van der Waals surface area contributed by atoms with E-state index in [1.54, 1.807) is 0 Å². The van der Waals surface area contributed by atoms with Crippen molar-refractivity contribution in [2.45, 2.75) is 19.4 Å². The predicted octanol–water partition coefficient (Wildman–Crippen LogP) is 1.73. The molecule has 0 amide bonds. The number of rotatable bonds is 3. The molecule has 0 unspecified atom stereocenters. The highest BCUT2D eigenvalue weighted by atomic mass is 79.9. The van der Waals surface area contributed by atoms with E-state index in [1.165, 1.54) is 0 Å². The number of halogens is 1. The summed E-state index contributed by atoms with van der Waals surface area (Å²) in [6.07, 6.45) is -0.0536. The second kappa shape index (κ2) is 4.07. The van der Waals surface area contributed by atoms with Gasteiger partial charge in [-0.1, -0.05) is 0 Å². The van der Waals surface area contributed by atoms with Crippen molar-refractivity contribution in [2.24, 2.45) is 5.73 Å². The van der Waals surface area contributed by atoms with Gasteiger partial charge in [-0.3, -0.25) is 0 Å². The average Bonchev–Trinajstić information content (AvgIpc) is 2.30. The Hall–Kier alpha value is -0.320. The van der Waals surface area contributed by atoms with Gasteiger partial charge < -0.3 is 15.3 Å². The van der Waals surface area contributed by atoms with Crippen LogP contribution in [-0.2, 0) is 0 Å². The number of hydrogen-bond donors (Lipinski definition) is 2. The zero-order valence-electron chi connectivity index (χ0n) is 6.88. The van der Waals surface area contributed by atoms with Crippen LogP contribution in [0.3, 0.4) is 0 Å². The van der Waals surface area contributed by atoms with Crippen molar-refractivity contribution in [1.82, 2.24) is 0 Å². The van der Waals surface area contributed by atoms with Crippen molar-refractivity contribution in [3.63, 3.8) is 0 Å². The van der Waals surface area contributed by atoms with Gasteiger partial charge in [-0.15, -0.1) is 0 Å². The maximum atomic E-state index is 9.52. The molecule has 0 aliphatic carbocycles. The Kier molecular flexibility index (Phi) is 3.31. The molecule has 0 aliphatic heterocycles. The number of furan rings is 1. The molecule has 4 heteroatoms. The Morgan fingerprint density at radius 2 is 2.42 bits per heavy atom. The van der Waals surface area contributed by atoms with Crippen LogP contribution in [0.15, 0.2) is 15.2 Å². The van der Waals surface area contributed by atoms with Gasteiger partial charge >= 0.3 is 0 Å². The number of aliphatic hydroxyl groups is 1. The van der Waals surface area contributed by atoms with Gasteiger partial charge in [-0.25, -0.2) is 0 Å². The molecule has 0 saturated carbocycles. The summed E-state index contributed by atoms with van der Waals surface area (Å²) >= 11 is 3.19. The van der Waals surface area contributed by atoms with Crippen LogP contribution in [0.2, 0.25) is 0 Å². The molecule has 0 radical (unpaired) electrons. The highest BCUT2D eigenvalue weighted by Gasteiger charge is 2.14. The van der Waals surface area contributed by atoms with Crippen molar-refractivity contribution >= 4 is 15.9 Å². The third-order valence-corrected chi connectivity index (χ3v) is 2.06. The van der Waals surface area contributed by atoms with E-state index < -0.39 is 6.10 Å². The third kappa shape index (κ3) is 2.09. The quantitative estimate of drug-likeness (QED) is 0.837. The lowest BCUT2D eigenvalue weighted by atomic mass is 10.1. The Balaban J connectivity index is 2.79. The van der Waals surface area contributed by atoms with Gasteiger partial charge in [0.25, 0.3) is 0 Å². The predicted molar refractivity (Wildman–Crippen MR) is 49.8 cm³/mol. The second-order valence-electron chi connectivity index (χ2n) is 2.69. The van der Waals surface area contributed by atoms with E-state index in [9.17, 15) is 5.11 Å². The fourth-order valence-corrected chi connectivity index (χ4v) is 1.59. The van der Waals surface area contributed by atoms with E-state index in [1.807, 2.05) is 13.0 Å². The molecule has 0 bridgehead atoms. The highest BCUT2D eigenvalue weighted by molar-refractivity contribution is 9.10. The molecule has 12 heavy (non-hydrogen) atoms. The molecule has 0 aromatic carbocycles. The lowest BCUT2D eigenvalue weighted by molar-refractivity contribution is 0.140. The summed E-state index contributed by atoms with van der Waals surface area (Å²) in [7, 11) is 0. The normalized spacial score (nSPS) is 13.3. The van der Waals surface area contributed by atoms with Gasteiger partial charge in [0, 0.05) is 0 Å². The third-order valence-electron chi connectivity index (χ3n) is 1.67. The zero-order valence-corrected chi connectivity index (χ0v) is 8.47. The van der Waals surface area contributed by atoms with Crippen LogP contribution < -0.4 is 5.73 Å². The lowest BCUT2D eigenvalue weighted by Gasteiger charge is -2.05. The van der Waals surface area contributed by atoms with Crippen molar-refractivity contribution in [3.05, 3.63) is 22.1 Å². The van der Waals surface area contributed by atoms with Crippen molar-refractivity contribution < 1.29 is 9.52 Å². The molecule has 1 aromatic rings. The molecule has 3 N–H and O–H groups in total. The maximum Gasteiger partial charge on any atom is 0.169 e. The van der Waals surface area contributed by atoms with Gasteiger partial charge in [0.15, 0.2) is 4.67 Å². The molecule has 0 spiro atoms. The number of hydrogen-bond acceptors (Lipinski definition) is 3. The molecule has 1 aromatic heterocycles. The topological polar surface area (TPSA) is 59.4 Å². The summed E-state index contributed by atoms with van der Waals surface area (Å²) in [5.41, 5.74) is 6.26. The number of nitrogens with two attached hydrogens (primary N) is 1. The number of aryl methyl sites for hydroxylation is 1. The molecule has 68 valence electrons. The van der Waals surface area contributed by atoms with Crippen molar-refractivity contribution in [2.75, 3.05) is 6.54 Å². The molecule has 0 aliphatic rings. The first kappa shape index (κ1) is 9.77. The molecular weight excluding hydrogens is 222 g/mol. The smallest absolute Gasteiger partial charge is 0.169 e. The molecular formula is C8H12BrNO2. The first-order valence-electron chi connectivity index (χ1n) is 3.79. The summed E-state index contributed by atoms with van der Waals surface area (Å²) in [4.78, 5) is 0. The van der Waals surface area contributed by atoms with E-state index in [0.29, 0.717) is 23.4 Å². The summed E-state index contributed by atoms with van der Waals surface area (Å²) in [5, 5.41) is 9.52. The van der Waals surface area contributed by atoms with Crippen LogP contribution in [-0.4, -0.2) is 11.7 Å². The minimum Gasteiger partial charge on any atom is -0.451 e. The van der Waals surface area contributed by atoms with Crippen LogP contribution in [0.1, 0.15) is 23.8 Å². The van der Waals surface area contributed by atoms with E-state index in [0.717, 1.165) is 5.56 Å². The van der Waals surface area contributed by atoms with Gasteiger partial charge in [0.2, 0.25) is 0 Å². The SMILES string of the molecule is Cc1cc(Br)oc1[C@H](O)CCN. The minimum absolute atomic E-state index is 0.457. The van der Waals surface area contributed by atoms with Crippen LogP contribution in [0, 0.1) is 6.92 Å². The van der Waals surface area contributed by atoms with Crippen LogP contribution in [0.25, 0.3) is 0 Å². The minimum atomic E-state index is -0.582. The monoisotopic (exact) mass is 233 g/mol. The van der Waals surface area contributed by atoms with Gasteiger partial charge in [0.05, 0.1) is 0 Å². The number of aliphatic hydroxyl groups excluding tert-OH is 1. The average molecular weight is 234 g/mol. The fraction of sp³-hybridized carbons (Fsp3) is 0.500. The Morgan fingerprint density at radius 1 is 1.75 bits per heavy atom. The van der Waals surface area contributed by atoms with E-state index >= 15 is 0 Å². The Bertz CT molecular complexity index is 260. The molecule has 1 heterocycles. The molecule has 1 rings (SSSR count). The summed E-state index contributed by atoms with van der Waals surface area (Å²) in [5.74, 6) is 0.604. The maximum absolute atomic E-state index is 9.52. The summed E-state index contributed by atoms with van der Waals surface area (Å²) in [6.45, 7) is 2.35. The van der Waals surface area contributed by atoms with Crippen LogP contribution in [0.5, 0.6) is 0 Å². The van der Waals surface area contributed by atoms with Gasteiger partial charge in [0.1, 0.15) is 11.9 Å². The molecule has 0 fully saturated rings. The highest BCUT2D eigenvalue weighted by Crippen LogP contribution is 2.26. The van der Waals surface area contributed by atoms with E-state index in [-0.39, 0.29) is 0 Å². The molecule has 1 atom stereocenters. The second-order valence-corrected chi connectivity index (χ2v) is 3.47. The lowest BCUT2D eigenvalue weighted by Crippen LogP contribution is -2.06. The van der Waals surface area contributed by atoms with Crippen LogP contribution in [0.4, 0.5) is 0 Å². The fourth-order valence-electron chi connectivity index (χ4n) is 1.08. The Morgan fingerprint density at radius 3 is 2.83 bits per heavy atom. The van der Waals surface area contributed by atoms with Gasteiger partial charge in [-0.2, -0.15) is 0 Å². The first-order valence-corrected chi connectivity index (χ1v) is 4.58. The zero-order chi connectivity index (χ0) is 9.14. The van der Waals surface area contributed by atoms with Crippen LogP contribution >= 0.6 is 15.9 Å². The summed E-state index contributed by atoms with van der Waals surface area (Å²) < 4.78 is 5.88. The standard InChI is InChI=1S/C8H12BrNO2/c1-5-4-7(9)12-8(5)6(11)2-3-10/h4,6,11H,2-3,10H2,1H3/t6-/m1/s1. The first-order chi connectivity index (χ1) is 5.65. The van der Waals surface area contributed by atoms with E-state index in [2.05, 4.69) is 15.9 Å². The molecule has 3 nitrogen and oxygen atoms in total. The van der Waals surface area contributed by atoms with E-state index in [4.69, 9.17) is 10.2 Å². The largest absolute Gasteiger partial charge is 0.451 e. The van der Waals surface area contributed by atoms with Gasteiger partial charge in [-0.05, 0) is 47.4 Å². The Labute approximate surface area is 79.7 Å².